The van der Waals surface area contributed by atoms with E-state index in [1.165, 1.54) is 17.7 Å². The fraction of sp³-hybridized carbons (Fsp3) is 0.567. The second kappa shape index (κ2) is 11.8. The first kappa shape index (κ1) is 26.8. The molecule has 0 radical (unpaired) electrons. The van der Waals surface area contributed by atoms with E-state index in [0.717, 1.165) is 70.4 Å². The average molecular weight is 497 g/mol. The second-order valence-corrected chi connectivity index (χ2v) is 11.3. The number of likely N-dealkylation sites (tertiary alicyclic amines) is 2. The molecule has 0 spiro atoms. The molecule has 0 bridgehead atoms. The minimum absolute atomic E-state index is 0.0533. The number of piperidine rings is 1. The molecule has 6 heteroatoms. The monoisotopic (exact) mass is 496 g/mol. The largest absolute Gasteiger partial charge is 0.480 e. The Labute approximate surface area is 214 Å². The van der Waals surface area contributed by atoms with Gasteiger partial charge < -0.3 is 15.1 Å². The van der Waals surface area contributed by atoms with Crippen LogP contribution in [0.4, 0.5) is 4.39 Å². The van der Waals surface area contributed by atoms with Crippen LogP contribution in [0.1, 0.15) is 56.6 Å². The Morgan fingerprint density at radius 2 is 1.72 bits per heavy atom. The van der Waals surface area contributed by atoms with E-state index in [2.05, 4.69) is 34.1 Å². The number of hydrogen-bond acceptors (Lipinski definition) is 4. The first-order valence-corrected chi connectivity index (χ1v) is 13.4. The average Bonchev–Trinajstić information content (AvgIpc) is 3.25. The highest BCUT2D eigenvalue weighted by atomic mass is 19.1. The predicted molar refractivity (Wildman–Crippen MR) is 140 cm³/mol. The van der Waals surface area contributed by atoms with Crippen molar-refractivity contribution in [1.82, 2.24) is 9.80 Å². The third-order valence-corrected chi connectivity index (χ3v) is 8.28. The number of carbonyl (C=O) groups is 1. The van der Waals surface area contributed by atoms with Crippen LogP contribution in [0.15, 0.2) is 54.6 Å². The zero-order chi connectivity index (χ0) is 25.7. The Kier molecular flexibility index (Phi) is 8.81. The van der Waals surface area contributed by atoms with Gasteiger partial charge in [-0.05, 0) is 67.2 Å². The van der Waals surface area contributed by atoms with Crippen LogP contribution in [-0.4, -0.2) is 70.3 Å². The molecule has 0 unspecified atom stereocenters. The van der Waals surface area contributed by atoms with Gasteiger partial charge in [0.2, 0.25) is 0 Å². The topological polar surface area (TPSA) is 64.0 Å². The molecular formula is C30H41FN2O3. The summed E-state index contributed by atoms with van der Waals surface area (Å²) in [7, 11) is 0. The third-order valence-electron chi connectivity index (χ3n) is 8.28. The SMILES string of the molecule is CC(C)[C@H](C(=O)O)N1C[C@H](CN2CCC(O)(CCCc3ccc(F)cc3)CC2)[C@@H](c2ccccc2)C1. The Hall–Kier alpha value is -2.28. The van der Waals surface area contributed by atoms with Crippen LogP contribution in [0.3, 0.4) is 0 Å². The number of benzene rings is 2. The third kappa shape index (κ3) is 6.72. The maximum Gasteiger partial charge on any atom is 0.321 e. The standard InChI is InChI=1S/C30H41FN2O3/c1-22(2)28(29(34)35)33-20-25(27(21-33)24-8-4-3-5-9-24)19-32-17-15-30(36,16-18-32)14-6-7-23-10-12-26(31)13-11-23/h3-5,8-13,22,25,27-28,36H,6-7,14-21H2,1-2H3,(H,34,35)/t25-,27+,28+/m0/s1. The molecule has 5 nitrogen and oxygen atoms in total. The van der Waals surface area contributed by atoms with Gasteiger partial charge >= 0.3 is 5.97 Å². The summed E-state index contributed by atoms with van der Waals surface area (Å²) in [5.41, 5.74) is 1.76. The van der Waals surface area contributed by atoms with Crippen LogP contribution in [0.2, 0.25) is 0 Å². The molecule has 2 aliphatic rings. The molecule has 0 aliphatic carbocycles. The zero-order valence-electron chi connectivity index (χ0n) is 21.7. The molecule has 2 saturated heterocycles. The van der Waals surface area contributed by atoms with Crippen LogP contribution < -0.4 is 0 Å². The highest BCUT2D eigenvalue weighted by Gasteiger charge is 2.42. The maximum absolute atomic E-state index is 13.1. The summed E-state index contributed by atoms with van der Waals surface area (Å²) in [5, 5.41) is 21.1. The molecule has 2 heterocycles. The molecule has 2 aromatic carbocycles. The van der Waals surface area contributed by atoms with Crippen LogP contribution in [-0.2, 0) is 11.2 Å². The molecule has 0 saturated carbocycles. The number of carboxylic acids is 1. The van der Waals surface area contributed by atoms with Crippen molar-refractivity contribution in [3.8, 4) is 0 Å². The van der Waals surface area contributed by atoms with E-state index in [4.69, 9.17) is 0 Å². The van der Waals surface area contributed by atoms with Crippen molar-refractivity contribution < 1.29 is 19.4 Å². The molecule has 0 amide bonds. The molecule has 2 aliphatic heterocycles. The van der Waals surface area contributed by atoms with E-state index >= 15 is 0 Å². The number of carboxylic acid groups (broad SMARTS) is 1. The highest BCUT2D eigenvalue weighted by molar-refractivity contribution is 5.73. The lowest BCUT2D eigenvalue weighted by molar-refractivity contribution is -0.144. The fourth-order valence-electron chi connectivity index (χ4n) is 6.26. The van der Waals surface area contributed by atoms with Gasteiger partial charge in [0.15, 0.2) is 0 Å². The van der Waals surface area contributed by atoms with Gasteiger partial charge in [0.1, 0.15) is 11.9 Å². The van der Waals surface area contributed by atoms with E-state index in [0.29, 0.717) is 11.8 Å². The molecule has 2 aromatic rings. The van der Waals surface area contributed by atoms with Crippen molar-refractivity contribution in [3.63, 3.8) is 0 Å². The molecule has 3 atom stereocenters. The van der Waals surface area contributed by atoms with E-state index in [1.807, 2.05) is 32.0 Å². The minimum Gasteiger partial charge on any atom is -0.480 e. The molecule has 2 fully saturated rings. The van der Waals surface area contributed by atoms with Gasteiger partial charge in [-0.25, -0.2) is 4.39 Å². The Morgan fingerprint density at radius 3 is 2.33 bits per heavy atom. The van der Waals surface area contributed by atoms with Crippen molar-refractivity contribution in [2.75, 3.05) is 32.7 Å². The van der Waals surface area contributed by atoms with Crippen molar-refractivity contribution in [1.29, 1.82) is 0 Å². The lowest BCUT2D eigenvalue weighted by atomic mass is 9.84. The fourth-order valence-corrected chi connectivity index (χ4v) is 6.26. The first-order valence-electron chi connectivity index (χ1n) is 13.4. The van der Waals surface area contributed by atoms with Crippen molar-refractivity contribution in [2.24, 2.45) is 11.8 Å². The summed E-state index contributed by atoms with van der Waals surface area (Å²) in [5.74, 6) is -0.230. The van der Waals surface area contributed by atoms with Gasteiger partial charge in [-0.15, -0.1) is 0 Å². The lowest BCUT2D eigenvalue weighted by Gasteiger charge is -2.40. The smallest absolute Gasteiger partial charge is 0.321 e. The summed E-state index contributed by atoms with van der Waals surface area (Å²) < 4.78 is 13.1. The molecule has 2 N–H and O–H groups in total. The summed E-state index contributed by atoms with van der Waals surface area (Å²) in [6.45, 7) is 8.18. The van der Waals surface area contributed by atoms with Gasteiger partial charge in [0.05, 0.1) is 5.60 Å². The summed E-state index contributed by atoms with van der Waals surface area (Å²) >= 11 is 0. The van der Waals surface area contributed by atoms with E-state index < -0.39 is 17.6 Å². The minimum atomic E-state index is -0.735. The van der Waals surface area contributed by atoms with E-state index in [-0.39, 0.29) is 11.7 Å². The maximum atomic E-state index is 13.1. The van der Waals surface area contributed by atoms with E-state index in [1.54, 1.807) is 0 Å². The predicted octanol–water partition coefficient (Wildman–Crippen LogP) is 4.80. The molecular weight excluding hydrogens is 455 g/mol. The van der Waals surface area contributed by atoms with Crippen LogP contribution >= 0.6 is 0 Å². The van der Waals surface area contributed by atoms with Gasteiger partial charge in [-0.2, -0.15) is 0 Å². The summed E-state index contributed by atoms with van der Waals surface area (Å²) in [4.78, 5) is 16.7. The van der Waals surface area contributed by atoms with Gasteiger partial charge in [0, 0.05) is 38.6 Å². The molecule has 4 rings (SSSR count). The van der Waals surface area contributed by atoms with Crippen LogP contribution in [0.5, 0.6) is 0 Å². The van der Waals surface area contributed by atoms with E-state index in [9.17, 15) is 19.4 Å². The van der Waals surface area contributed by atoms with Crippen LogP contribution in [0, 0.1) is 17.7 Å². The molecule has 196 valence electrons. The Morgan fingerprint density at radius 1 is 1.06 bits per heavy atom. The molecule has 36 heavy (non-hydrogen) atoms. The number of nitrogens with zero attached hydrogens (tertiary/aromatic N) is 2. The lowest BCUT2D eigenvalue weighted by Crippen LogP contribution is -2.47. The normalized spacial score (nSPS) is 23.7. The van der Waals surface area contributed by atoms with Gasteiger partial charge in [-0.1, -0.05) is 56.3 Å². The van der Waals surface area contributed by atoms with Crippen molar-refractivity contribution in [2.45, 2.75) is 63.5 Å². The number of aryl methyl sites for hydroxylation is 1. The number of hydrogen-bond donors (Lipinski definition) is 2. The first-order chi connectivity index (χ1) is 17.2. The number of aliphatic carboxylic acids is 1. The van der Waals surface area contributed by atoms with Gasteiger partial charge in [-0.3, -0.25) is 9.69 Å². The Bertz CT molecular complexity index is 973. The summed E-state index contributed by atoms with van der Waals surface area (Å²) in [6, 6.07) is 16.7. The van der Waals surface area contributed by atoms with Gasteiger partial charge in [0.25, 0.3) is 0 Å². The molecule has 0 aromatic heterocycles. The zero-order valence-corrected chi connectivity index (χ0v) is 21.7. The number of aliphatic hydroxyl groups is 1. The summed E-state index contributed by atoms with van der Waals surface area (Å²) in [6.07, 6.45) is 4.01. The van der Waals surface area contributed by atoms with Crippen molar-refractivity contribution in [3.05, 3.63) is 71.5 Å². The number of rotatable bonds is 10. The highest BCUT2D eigenvalue weighted by Crippen LogP contribution is 2.37. The second-order valence-electron chi connectivity index (χ2n) is 11.3. The number of halogens is 1. The quantitative estimate of drug-likeness (QED) is 0.495. The Balaban J connectivity index is 1.33. The van der Waals surface area contributed by atoms with Crippen LogP contribution in [0.25, 0.3) is 0 Å². The van der Waals surface area contributed by atoms with Crippen molar-refractivity contribution >= 4 is 5.97 Å².